The molecule has 0 spiro atoms. The molecule has 1 heterocycles. The van der Waals surface area contributed by atoms with E-state index in [2.05, 4.69) is 5.23 Å². The van der Waals surface area contributed by atoms with Crippen LogP contribution in [0.4, 0.5) is 9.59 Å². The highest BCUT2D eigenvalue weighted by atomic mass is 16.6. The lowest BCUT2D eigenvalue weighted by Crippen LogP contribution is -2.75. The SMILES string of the molecule is CC1=C2[C@@H](OC(=O)N(C)C)C(=O)[C@@]3(C)[C@H]([C@H](C)[C@](O)(C[C@@H]1OC(=O)[C@H](OC(=O)N(C)C)[C@@H](NBC=O)c1ccccc1)C2(C)C)[C@]1(C)CO[C@@H]1C[C@@H]3O. The molecule has 0 aromatic heterocycles. The minimum absolute atomic E-state index is 0.124. The fraction of sp³-hybridized carbons (Fsp3) is 0.658. The lowest BCUT2D eigenvalue weighted by atomic mass is 9.40. The number of rotatable bonds is 9. The number of esters is 1. The standard InChI is InChI=1S/C38H54BN3O11/c1-20-23(51-32(46)29(53-34(48)42(9)10)27(40-39-19-43)22-14-12-11-13-15-22)17-38(49)21(2)30-36(5)18-50-25(36)16-24(44)37(30,6)31(45)28(26(20)35(38,3)4)52-33(47)41(7)8/h11-15,19,21,23-25,27-30,39-40,44,49H,16-18H2,1-10H3/t21-,23-,24-,25+,27-,28+,29+,30+,36+,37+,38+/m0/s1. The molecular formula is C38H54BN3O11. The molecule has 11 atom stereocenters. The molecule has 2 amide bonds. The van der Waals surface area contributed by atoms with Gasteiger partial charge in [0.2, 0.25) is 6.10 Å². The number of aliphatic hydroxyl groups is 2. The fourth-order valence-electron chi connectivity index (χ4n) is 9.77. The Morgan fingerprint density at radius 3 is 2.21 bits per heavy atom. The maximum absolute atomic E-state index is 15.2. The van der Waals surface area contributed by atoms with Crippen LogP contribution in [0.2, 0.25) is 0 Å². The van der Waals surface area contributed by atoms with Crippen LogP contribution in [0.5, 0.6) is 0 Å². The monoisotopic (exact) mass is 739 g/mol. The Kier molecular flexibility index (Phi) is 11.0. The summed E-state index contributed by atoms with van der Waals surface area (Å²) in [6.45, 7) is 11.1. The number of ether oxygens (including phenoxy) is 4. The lowest BCUT2D eigenvalue weighted by molar-refractivity contribution is -0.302. The average molecular weight is 740 g/mol. The number of hydrogen-bond donors (Lipinski definition) is 3. The topological polar surface area (TPSA) is 181 Å². The second-order valence-electron chi connectivity index (χ2n) is 16.6. The van der Waals surface area contributed by atoms with E-state index in [-0.39, 0.29) is 31.9 Å². The first-order chi connectivity index (χ1) is 24.7. The number of nitrogens with one attached hydrogen (secondary N) is 1. The van der Waals surface area contributed by atoms with Gasteiger partial charge in [-0.2, -0.15) is 0 Å². The third kappa shape index (κ3) is 6.46. The summed E-state index contributed by atoms with van der Waals surface area (Å²) in [5, 5.41) is 28.0. The van der Waals surface area contributed by atoms with E-state index >= 15 is 4.79 Å². The first-order valence-electron chi connectivity index (χ1n) is 18.1. The van der Waals surface area contributed by atoms with E-state index in [9.17, 15) is 29.4 Å². The van der Waals surface area contributed by atoms with E-state index < -0.39 is 88.1 Å². The summed E-state index contributed by atoms with van der Waals surface area (Å²) in [4.78, 5) is 69.8. The maximum atomic E-state index is 15.2. The molecule has 15 heteroatoms. The highest BCUT2D eigenvalue weighted by molar-refractivity contribution is 6.64. The third-order valence-corrected chi connectivity index (χ3v) is 12.8. The van der Waals surface area contributed by atoms with E-state index in [1.807, 2.05) is 13.8 Å². The number of nitrogens with zero attached hydrogens (tertiary/aromatic N) is 2. The summed E-state index contributed by atoms with van der Waals surface area (Å²) in [5.41, 5.74) is -3.81. The van der Waals surface area contributed by atoms with Gasteiger partial charge in [0.1, 0.15) is 6.10 Å². The number of hydrogen-bond acceptors (Lipinski definition) is 12. The van der Waals surface area contributed by atoms with Gasteiger partial charge < -0.3 is 49.0 Å². The maximum Gasteiger partial charge on any atom is 0.410 e. The molecule has 1 aromatic carbocycles. The van der Waals surface area contributed by atoms with Crippen molar-refractivity contribution in [2.45, 2.75) is 96.5 Å². The number of Topliss-reactive ketones (excluding diaryl/α,β-unsaturated/α-hetero) is 1. The molecule has 2 bridgehead atoms. The van der Waals surface area contributed by atoms with Crippen molar-refractivity contribution in [1.82, 2.24) is 15.0 Å². The van der Waals surface area contributed by atoms with Crippen LogP contribution in [0.15, 0.2) is 41.5 Å². The Balaban J connectivity index is 1.68. The summed E-state index contributed by atoms with van der Waals surface area (Å²) in [7, 11) is 5.73. The summed E-state index contributed by atoms with van der Waals surface area (Å²) in [6, 6.07) is 7.68. The van der Waals surface area contributed by atoms with Crippen LogP contribution in [-0.4, -0.2) is 128 Å². The molecular weight excluding hydrogens is 685 g/mol. The molecule has 5 rings (SSSR count). The van der Waals surface area contributed by atoms with Crippen molar-refractivity contribution < 1.29 is 53.1 Å². The van der Waals surface area contributed by atoms with E-state index in [1.165, 1.54) is 33.1 Å². The second kappa shape index (κ2) is 14.5. The first-order valence-corrected chi connectivity index (χ1v) is 18.1. The molecule has 1 saturated heterocycles. The van der Waals surface area contributed by atoms with Crippen molar-refractivity contribution in [3.63, 3.8) is 0 Å². The number of carbonyl (C=O) groups is 5. The molecule has 3 fully saturated rings. The van der Waals surface area contributed by atoms with Gasteiger partial charge >= 0.3 is 18.2 Å². The van der Waals surface area contributed by atoms with Crippen LogP contribution in [0.1, 0.15) is 66.0 Å². The highest BCUT2D eigenvalue weighted by Gasteiger charge is 2.73. The third-order valence-electron chi connectivity index (χ3n) is 12.8. The minimum Gasteiger partial charge on any atom is -0.455 e. The van der Waals surface area contributed by atoms with Gasteiger partial charge in [0.05, 0.1) is 42.1 Å². The van der Waals surface area contributed by atoms with Gasteiger partial charge in [0.15, 0.2) is 11.9 Å². The Morgan fingerprint density at radius 1 is 1.04 bits per heavy atom. The van der Waals surface area contributed by atoms with Crippen molar-refractivity contribution in [2.75, 3.05) is 34.8 Å². The minimum atomic E-state index is -1.70. The van der Waals surface area contributed by atoms with Crippen LogP contribution in [0.3, 0.4) is 0 Å². The van der Waals surface area contributed by atoms with Crippen molar-refractivity contribution in [2.24, 2.45) is 28.1 Å². The zero-order valence-electron chi connectivity index (χ0n) is 32.4. The number of aliphatic hydroxyl groups excluding tert-OH is 1. The summed E-state index contributed by atoms with van der Waals surface area (Å²) in [6.07, 6.45) is -6.80. The Morgan fingerprint density at radius 2 is 1.66 bits per heavy atom. The molecule has 0 unspecified atom stereocenters. The van der Waals surface area contributed by atoms with Gasteiger partial charge in [-0.3, -0.25) is 4.79 Å². The normalized spacial score (nSPS) is 35.4. The summed E-state index contributed by atoms with van der Waals surface area (Å²) in [5.74, 6) is -2.80. The Labute approximate surface area is 311 Å². The van der Waals surface area contributed by atoms with Crippen LogP contribution in [0.25, 0.3) is 0 Å². The molecule has 3 N–H and O–H groups in total. The lowest BCUT2D eigenvalue weighted by Gasteiger charge is -2.68. The second-order valence-corrected chi connectivity index (χ2v) is 16.6. The van der Waals surface area contributed by atoms with Crippen molar-refractivity contribution in [3.05, 3.63) is 47.0 Å². The van der Waals surface area contributed by atoms with Crippen LogP contribution < -0.4 is 5.23 Å². The van der Waals surface area contributed by atoms with Gasteiger partial charge in [-0.15, -0.1) is 0 Å². The average Bonchev–Trinajstić information content (AvgIpc) is 3.10. The Hall–Kier alpha value is -3.79. The highest BCUT2D eigenvalue weighted by Crippen LogP contribution is 2.67. The molecule has 4 aliphatic rings. The zero-order valence-corrected chi connectivity index (χ0v) is 32.4. The van der Waals surface area contributed by atoms with Crippen molar-refractivity contribution in [3.8, 4) is 0 Å². The number of ketones is 1. The van der Waals surface area contributed by atoms with Crippen LogP contribution in [0, 0.1) is 28.1 Å². The van der Waals surface area contributed by atoms with Gasteiger partial charge in [0.25, 0.3) is 7.41 Å². The number of benzene rings is 1. The number of carbonyl (C=O) groups excluding carboxylic acids is 5. The van der Waals surface area contributed by atoms with E-state index in [4.69, 9.17) is 18.9 Å². The van der Waals surface area contributed by atoms with Gasteiger partial charge in [0, 0.05) is 51.9 Å². The van der Waals surface area contributed by atoms with Crippen molar-refractivity contribution in [1.29, 1.82) is 0 Å². The van der Waals surface area contributed by atoms with Gasteiger partial charge in [-0.05, 0) is 42.4 Å². The molecule has 2 saturated carbocycles. The largest absolute Gasteiger partial charge is 0.455 e. The zero-order chi connectivity index (χ0) is 39.4. The van der Waals surface area contributed by atoms with Crippen molar-refractivity contribution >= 4 is 37.5 Å². The number of amides is 2. The van der Waals surface area contributed by atoms with Crippen LogP contribution in [-0.2, 0) is 33.3 Å². The fourth-order valence-corrected chi connectivity index (χ4v) is 9.77. The smallest absolute Gasteiger partial charge is 0.410 e. The molecule has 1 aliphatic heterocycles. The van der Waals surface area contributed by atoms with E-state index in [1.54, 1.807) is 58.0 Å². The molecule has 14 nitrogen and oxygen atoms in total. The molecule has 1 aromatic rings. The van der Waals surface area contributed by atoms with E-state index in [0.29, 0.717) is 23.9 Å². The van der Waals surface area contributed by atoms with Gasteiger partial charge in [-0.1, -0.05) is 58.0 Å². The molecule has 53 heavy (non-hydrogen) atoms. The first kappa shape index (κ1) is 40.4. The molecule has 290 valence electrons. The summed E-state index contributed by atoms with van der Waals surface area (Å²) < 4.78 is 24.0. The predicted octanol–water partition coefficient (Wildman–Crippen LogP) is 2.39. The number of fused-ring (bicyclic) bond motifs is 5. The molecule has 3 aliphatic carbocycles. The predicted molar refractivity (Wildman–Crippen MR) is 194 cm³/mol. The Bertz CT molecular complexity index is 1650. The van der Waals surface area contributed by atoms with E-state index in [0.717, 1.165) is 4.90 Å². The molecule has 0 radical (unpaired) electrons. The van der Waals surface area contributed by atoms with Crippen LogP contribution >= 0.6 is 0 Å². The van der Waals surface area contributed by atoms with Gasteiger partial charge in [-0.25, -0.2) is 14.4 Å². The summed E-state index contributed by atoms with van der Waals surface area (Å²) >= 11 is 0. The quantitative estimate of drug-likeness (QED) is 0.111.